The summed E-state index contributed by atoms with van der Waals surface area (Å²) in [5.41, 5.74) is 8.86. The lowest BCUT2D eigenvalue weighted by atomic mass is 10.1. The van der Waals surface area contributed by atoms with Crippen LogP contribution in [0.3, 0.4) is 0 Å². The Bertz CT molecular complexity index is 2230. The average Bonchev–Trinajstić information content (AvgIpc) is 3.57. The van der Waals surface area contributed by atoms with Gasteiger partial charge in [0.1, 0.15) is 17.1 Å². The molecule has 12 nitrogen and oxygen atoms in total. The van der Waals surface area contributed by atoms with Crippen molar-refractivity contribution >= 4 is 28.2 Å². The summed E-state index contributed by atoms with van der Waals surface area (Å²) in [6, 6.07) is 14.6. The summed E-state index contributed by atoms with van der Waals surface area (Å²) in [4.78, 5) is 49.8. The number of benzene rings is 2. The molecule has 6 aromatic rings. The first-order valence-corrected chi connectivity index (χ1v) is 14.2. The van der Waals surface area contributed by atoms with Crippen LogP contribution in [0.4, 0.5) is 0 Å². The predicted molar refractivity (Wildman–Crippen MR) is 168 cm³/mol. The Morgan fingerprint density at radius 3 is 2.51 bits per heavy atom. The molecule has 0 bridgehead atoms. The largest absolute Gasteiger partial charge is 0.342 e. The van der Waals surface area contributed by atoms with Gasteiger partial charge in [0.15, 0.2) is 11.4 Å². The molecule has 1 unspecified atom stereocenters. The van der Waals surface area contributed by atoms with Crippen LogP contribution in [0.25, 0.3) is 22.2 Å². The molecule has 224 valence electrons. The third-order valence-corrected chi connectivity index (χ3v) is 7.39. The van der Waals surface area contributed by atoms with E-state index in [4.69, 9.17) is 10.7 Å². The first-order chi connectivity index (χ1) is 21.7. The second-order valence-corrected chi connectivity index (χ2v) is 10.6. The number of fused-ring (bicyclic) bond motifs is 2. The Hall–Kier alpha value is -5.93. The van der Waals surface area contributed by atoms with Crippen LogP contribution in [0.2, 0.25) is 0 Å². The number of carbonyl (C=O) groups excluding carboxylic acids is 2. The molecular weight excluding hydrogens is 570 g/mol. The smallest absolute Gasteiger partial charge is 0.267 e. The van der Waals surface area contributed by atoms with E-state index in [9.17, 15) is 14.4 Å². The van der Waals surface area contributed by atoms with E-state index < -0.39 is 18.0 Å². The zero-order chi connectivity index (χ0) is 31.8. The normalized spacial score (nSPS) is 12.5. The van der Waals surface area contributed by atoms with Crippen molar-refractivity contribution in [3.8, 4) is 17.5 Å². The maximum atomic E-state index is 14.3. The van der Waals surface area contributed by atoms with Crippen LogP contribution in [0, 0.1) is 18.8 Å². The van der Waals surface area contributed by atoms with E-state index in [0.29, 0.717) is 56.1 Å². The lowest BCUT2D eigenvalue weighted by Gasteiger charge is -2.20. The van der Waals surface area contributed by atoms with Gasteiger partial charge in [0.05, 0.1) is 46.1 Å². The van der Waals surface area contributed by atoms with Gasteiger partial charge in [-0.3, -0.25) is 23.6 Å². The molecule has 2 atom stereocenters. The van der Waals surface area contributed by atoms with Crippen LogP contribution >= 0.6 is 0 Å². The van der Waals surface area contributed by atoms with Crippen molar-refractivity contribution in [2.24, 2.45) is 12.8 Å². The van der Waals surface area contributed by atoms with Gasteiger partial charge in [0.25, 0.3) is 11.5 Å². The summed E-state index contributed by atoms with van der Waals surface area (Å²) in [5.74, 6) is 5.71. The molecule has 0 fully saturated rings. The summed E-state index contributed by atoms with van der Waals surface area (Å²) in [7, 11) is 1.65. The number of hydrogen-bond donors (Lipinski definition) is 2. The fourth-order valence-electron chi connectivity index (χ4n) is 5.24. The van der Waals surface area contributed by atoms with Gasteiger partial charge >= 0.3 is 0 Å². The molecule has 2 aromatic carbocycles. The number of carbonyl (C=O) groups is 2. The number of para-hydroxylation sites is 1. The number of aryl methyl sites for hydroxylation is 2. The van der Waals surface area contributed by atoms with Gasteiger partial charge in [-0.1, -0.05) is 36.1 Å². The Morgan fingerprint density at radius 1 is 1.00 bits per heavy atom. The summed E-state index contributed by atoms with van der Waals surface area (Å²) in [6.45, 7) is 5.11. The molecule has 0 aliphatic carbocycles. The van der Waals surface area contributed by atoms with Crippen LogP contribution in [0.1, 0.15) is 63.4 Å². The van der Waals surface area contributed by atoms with Gasteiger partial charge in [0.2, 0.25) is 0 Å². The van der Waals surface area contributed by atoms with Gasteiger partial charge in [-0.05, 0) is 51.1 Å². The molecule has 0 spiro atoms. The van der Waals surface area contributed by atoms with E-state index in [-0.39, 0.29) is 11.3 Å². The van der Waals surface area contributed by atoms with Crippen LogP contribution in [-0.4, -0.2) is 51.7 Å². The van der Waals surface area contributed by atoms with Crippen molar-refractivity contribution in [2.45, 2.75) is 32.9 Å². The second kappa shape index (κ2) is 11.6. The van der Waals surface area contributed by atoms with Crippen LogP contribution in [0.5, 0.6) is 0 Å². The van der Waals surface area contributed by atoms with Crippen LogP contribution in [0.15, 0.2) is 78.0 Å². The molecule has 1 amide bonds. The Labute approximate surface area is 257 Å². The third kappa shape index (κ3) is 5.26. The van der Waals surface area contributed by atoms with Crippen molar-refractivity contribution in [1.29, 1.82) is 0 Å². The van der Waals surface area contributed by atoms with E-state index in [1.807, 2.05) is 18.2 Å². The van der Waals surface area contributed by atoms with E-state index in [2.05, 4.69) is 32.3 Å². The van der Waals surface area contributed by atoms with Gasteiger partial charge < -0.3 is 11.1 Å². The minimum absolute atomic E-state index is 0.291. The molecule has 12 heteroatoms. The standard InChI is InChI=1S/C33H29N9O3/c1-19(34)29(43)28-23(18-36-40(28)4)15-14-22-10-8-13-25-27(22)33(45)42(24-11-6-5-7-12-24)30(38-25)21(3)37-32(44)26-20(2)39-41-17-9-16-35-31(26)41/h5-13,16-19,21H,34H2,1-4H3,(H,37,44)/t19?,21-/m0/s1. The molecule has 4 heterocycles. The quantitative estimate of drug-likeness (QED) is 0.219. The lowest BCUT2D eigenvalue weighted by Crippen LogP contribution is -2.33. The molecule has 3 N–H and O–H groups in total. The summed E-state index contributed by atoms with van der Waals surface area (Å²) < 4.78 is 4.47. The first-order valence-electron chi connectivity index (χ1n) is 14.2. The summed E-state index contributed by atoms with van der Waals surface area (Å²) in [5, 5.41) is 11.8. The lowest BCUT2D eigenvalue weighted by molar-refractivity contribution is 0.0936. The van der Waals surface area contributed by atoms with Gasteiger partial charge in [-0.15, -0.1) is 0 Å². The van der Waals surface area contributed by atoms with Gasteiger partial charge in [-0.25, -0.2) is 14.5 Å². The van der Waals surface area contributed by atoms with Crippen molar-refractivity contribution in [2.75, 3.05) is 0 Å². The number of nitrogens with zero attached hydrogens (tertiary/aromatic N) is 7. The number of ketones is 1. The second-order valence-electron chi connectivity index (χ2n) is 10.6. The minimum Gasteiger partial charge on any atom is -0.342 e. The summed E-state index contributed by atoms with van der Waals surface area (Å²) >= 11 is 0. The molecule has 0 aliphatic rings. The van der Waals surface area contributed by atoms with E-state index >= 15 is 0 Å². The molecule has 0 saturated heterocycles. The molecular formula is C33H29N9O3. The maximum Gasteiger partial charge on any atom is 0.267 e. The highest BCUT2D eigenvalue weighted by molar-refractivity contribution is 6.01. The molecule has 0 saturated carbocycles. The Morgan fingerprint density at radius 2 is 1.76 bits per heavy atom. The minimum atomic E-state index is -0.727. The highest BCUT2D eigenvalue weighted by Gasteiger charge is 2.25. The molecule has 6 rings (SSSR count). The van der Waals surface area contributed by atoms with E-state index in [1.54, 1.807) is 81.1 Å². The Kier molecular flexibility index (Phi) is 7.53. The number of rotatable bonds is 6. The highest BCUT2D eigenvalue weighted by Crippen LogP contribution is 2.22. The average molecular weight is 600 g/mol. The van der Waals surface area contributed by atoms with E-state index in [1.165, 1.54) is 15.4 Å². The molecule has 4 aromatic heterocycles. The topological polar surface area (TPSA) is 155 Å². The van der Waals surface area contributed by atoms with Crippen molar-refractivity contribution in [3.05, 3.63) is 117 Å². The number of Topliss-reactive ketones (excluding diaryl/α,β-unsaturated/α-hetero) is 1. The number of amides is 1. The zero-order valence-electron chi connectivity index (χ0n) is 25.0. The fraction of sp³-hybridized carbons (Fsp3) is 0.182. The zero-order valence-corrected chi connectivity index (χ0v) is 25.0. The fourth-order valence-corrected chi connectivity index (χ4v) is 5.24. The Balaban J connectivity index is 1.47. The highest BCUT2D eigenvalue weighted by atomic mass is 16.2. The first kappa shape index (κ1) is 29.2. The van der Waals surface area contributed by atoms with Crippen LogP contribution < -0.4 is 16.6 Å². The van der Waals surface area contributed by atoms with E-state index in [0.717, 1.165) is 0 Å². The monoisotopic (exact) mass is 599 g/mol. The van der Waals surface area contributed by atoms with Gasteiger partial charge in [0, 0.05) is 25.0 Å². The number of aromatic nitrogens is 7. The SMILES string of the molecule is Cc1nn2cccnc2c1C(=O)N[C@@H](C)c1nc2cccc(C#Cc3cnn(C)c3C(=O)C(C)N)c2c(=O)n1-c1ccccc1. The number of nitrogens with two attached hydrogens (primary N) is 1. The van der Waals surface area contributed by atoms with Crippen molar-refractivity contribution < 1.29 is 9.59 Å². The number of hydrogen-bond acceptors (Lipinski definition) is 8. The van der Waals surface area contributed by atoms with Gasteiger partial charge in [-0.2, -0.15) is 10.2 Å². The summed E-state index contributed by atoms with van der Waals surface area (Å²) in [6.07, 6.45) is 4.82. The molecule has 45 heavy (non-hydrogen) atoms. The third-order valence-electron chi connectivity index (χ3n) is 7.39. The number of nitrogens with one attached hydrogen (secondary N) is 1. The van der Waals surface area contributed by atoms with Crippen LogP contribution in [-0.2, 0) is 7.05 Å². The molecule has 0 aliphatic heterocycles. The van der Waals surface area contributed by atoms with Crippen molar-refractivity contribution in [3.63, 3.8) is 0 Å². The predicted octanol–water partition coefficient (Wildman–Crippen LogP) is 2.89. The maximum absolute atomic E-state index is 14.3. The van der Waals surface area contributed by atoms with Crippen molar-refractivity contribution in [1.82, 2.24) is 39.2 Å². The molecule has 0 radical (unpaired) electrons.